The zero-order chi connectivity index (χ0) is 24.9. The number of hydrogen-bond donors (Lipinski definition) is 1. The maximum Gasteiger partial charge on any atom is 0.433 e. The van der Waals surface area contributed by atoms with Crippen LogP contribution in [0, 0.1) is 21.4 Å². The molecule has 3 aromatic heterocycles. The monoisotopic (exact) mass is 492 g/mol. The predicted octanol–water partition coefficient (Wildman–Crippen LogP) is 1.82. The van der Waals surface area contributed by atoms with E-state index in [1.807, 2.05) is 6.07 Å². The van der Waals surface area contributed by atoms with Gasteiger partial charge in [0.1, 0.15) is 32.9 Å². The molecule has 0 aliphatic heterocycles. The van der Waals surface area contributed by atoms with E-state index in [-0.39, 0.29) is 27.1 Å². The first-order valence-electron chi connectivity index (χ1n) is 9.98. The predicted molar refractivity (Wildman–Crippen MR) is 124 cm³/mol. The summed E-state index contributed by atoms with van der Waals surface area (Å²) in [6, 6.07) is 14.2. The van der Waals surface area contributed by atoms with Crippen LogP contribution in [0.4, 0.5) is 5.88 Å². The molecule has 0 unspecified atom stereocenters. The Morgan fingerprint density at radius 3 is 2.66 bits per heavy atom. The van der Waals surface area contributed by atoms with Gasteiger partial charge < -0.3 is 18.9 Å². The van der Waals surface area contributed by atoms with Crippen LogP contribution in [0.1, 0.15) is 11.5 Å². The number of carbonyl (C=O) groups excluding carboxylic acids is 1. The number of nitriles is 1. The summed E-state index contributed by atoms with van der Waals surface area (Å²) < 4.78 is 16.9. The maximum absolute atomic E-state index is 13.3. The average molecular weight is 492 g/mol. The molecule has 176 valence electrons. The number of furan rings is 2. The van der Waals surface area contributed by atoms with Gasteiger partial charge in [0.05, 0.1) is 36.2 Å². The lowest BCUT2D eigenvalue weighted by molar-refractivity contribution is -0.402. The summed E-state index contributed by atoms with van der Waals surface area (Å²) in [5.41, 5.74) is -0.445. The highest BCUT2D eigenvalue weighted by atomic mass is 32.1. The van der Waals surface area contributed by atoms with Crippen LogP contribution in [0.2, 0.25) is 0 Å². The molecular formula is C23H16N4O7S. The molecule has 0 saturated heterocycles. The normalized spacial score (nSPS) is 12.2. The Bertz CT molecular complexity index is 1600. The van der Waals surface area contributed by atoms with Gasteiger partial charge in [-0.25, -0.2) is 0 Å². The van der Waals surface area contributed by atoms with Crippen LogP contribution in [-0.2, 0) is 11.3 Å². The molecule has 1 N–H and O–H groups in total. The summed E-state index contributed by atoms with van der Waals surface area (Å²) >= 11 is 0.878. The van der Waals surface area contributed by atoms with Crippen LogP contribution in [0.25, 0.3) is 17.3 Å². The van der Waals surface area contributed by atoms with Crippen LogP contribution in [0.5, 0.6) is 5.75 Å². The first-order chi connectivity index (χ1) is 16.9. The molecule has 1 amide bonds. The third kappa shape index (κ3) is 4.90. The highest BCUT2D eigenvalue weighted by Gasteiger charge is 2.18. The number of hydrogen-bond acceptors (Lipinski definition) is 9. The van der Waals surface area contributed by atoms with E-state index < -0.39 is 22.3 Å². The second-order valence-corrected chi connectivity index (χ2v) is 7.97. The number of nitrogens with zero attached hydrogens (tertiary/aromatic N) is 3. The minimum atomic E-state index is -0.701. The summed E-state index contributed by atoms with van der Waals surface area (Å²) in [7, 11) is 1.50. The van der Waals surface area contributed by atoms with Gasteiger partial charge in [-0.3, -0.25) is 24.3 Å². The number of nitrogens with one attached hydrogen (secondary N) is 1. The summed E-state index contributed by atoms with van der Waals surface area (Å²) in [5, 5.41) is 23.3. The van der Waals surface area contributed by atoms with Crippen molar-refractivity contribution in [3.05, 3.63) is 96.0 Å². The number of ether oxygens (including phenoxy) is 1. The number of thiazole rings is 1. The van der Waals surface area contributed by atoms with E-state index >= 15 is 0 Å². The molecule has 0 saturated carbocycles. The van der Waals surface area contributed by atoms with Crippen LogP contribution in [0.3, 0.4) is 0 Å². The molecule has 0 atom stereocenters. The van der Waals surface area contributed by atoms with Gasteiger partial charge in [0.15, 0.2) is 5.57 Å². The van der Waals surface area contributed by atoms with Crippen LogP contribution >= 0.6 is 11.3 Å². The number of rotatable bonds is 7. The topological polar surface area (TPSA) is 154 Å². The molecule has 35 heavy (non-hydrogen) atoms. The molecule has 0 radical (unpaired) electrons. The van der Waals surface area contributed by atoms with Crippen LogP contribution in [0.15, 0.2) is 68.4 Å². The second kappa shape index (κ2) is 9.94. The number of nitro groups is 1. The Morgan fingerprint density at radius 2 is 2.06 bits per heavy atom. The van der Waals surface area contributed by atoms with Gasteiger partial charge in [-0.05, 0) is 42.5 Å². The van der Waals surface area contributed by atoms with E-state index in [1.165, 1.54) is 30.1 Å². The molecule has 0 fully saturated rings. The van der Waals surface area contributed by atoms with Crippen LogP contribution < -0.4 is 24.8 Å². The molecule has 0 aliphatic rings. The number of aromatic nitrogens is 1. The second-order valence-electron chi connectivity index (χ2n) is 6.94. The third-order valence-electron chi connectivity index (χ3n) is 4.78. The largest absolute Gasteiger partial charge is 0.497 e. The standard InChI is InChI=1S/C23H16N4O7S/c1-32-15-6-4-14(5-7-15)26-22(29)19(11-16-8-9-20(34-16)27(30)31)35-23(26)18(12-24)21(28)25-13-17-3-2-10-33-17/h2-11H,13H2,1H3,(H,25,28)/b19-11+,23-18-. The molecular weight excluding hydrogens is 476 g/mol. The lowest BCUT2D eigenvalue weighted by Gasteiger charge is -2.06. The number of benzene rings is 1. The van der Waals surface area contributed by atoms with Gasteiger partial charge in [-0.1, -0.05) is 0 Å². The molecule has 3 heterocycles. The van der Waals surface area contributed by atoms with Crippen molar-refractivity contribution in [2.24, 2.45) is 0 Å². The van der Waals surface area contributed by atoms with Gasteiger partial charge in [-0.15, -0.1) is 11.3 Å². The number of amides is 1. The Hall–Kier alpha value is -4.89. The zero-order valence-electron chi connectivity index (χ0n) is 18.1. The van der Waals surface area contributed by atoms with E-state index in [1.54, 1.807) is 36.4 Å². The van der Waals surface area contributed by atoms with Crippen molar-refractivity contribution < 1.29 is 23.3 Å². The van der Waals surface area contributed by atoms with Gasteiger partial charge in [0.25, 0.3) is 11.5 Å². The van der Waals surface area contributed by atoms with Crippen molar-refractivity contribution in [3.8, 4) is 17.5 Å². The van der Waals surface area contributed by atoms with Crippen molar-refractivity contribution in [2.75, 3.05) is 7.11 Å². The van der Waals surface area contributed by atoms with Crippen LogP contribution in [-0.4, -0.2) is 22.5 Å². The fraction of sp³-hybridized carbons (Fsp3) is 0.0870. The Balaban J connectivity index is 1.89. The average Bonchev–Trinajstić information content (AvgIpc) is 3.60. The minimum Gasteiger partial charge on any atom is -0.497 e. The molecule has 0 aliphatic carbocycles. The molecule has 12 heteroatoms. The minimum absolute atomic E-state index is 0.0458. The summed E-state index contributed by atoms with van der Waals surface area (Å²) in [5.74, 6) is -0.0707. The zero-order valence-corrected chi connectivity index (χ0v) is 18.9. The summed E-state index contributed by atoms with van der Waals surface area (Å²) in [6.07, 6.45) is 2.78. The highest BCUT2D eigenvalue weighted by molar-refractivity contribution is 7.07. The van der Waals surface area contributed by atoms with Crippen molar-refractivity contribution in [1.82, 2.24) is 9.88 Å². The van der Waals surface area contributed by atoms with Gasteiger partial charge in [0, 0.05) is 6.08 Å². The SMILES string of the molecule is COc1ccc(-n2c(=O)/c(=C\c3ccc([N+](=O)[O-])o3)s/c2=C(/C#N)C(=O)NCc2ccco2)cc1. The van der Waals surface area contributed by atoms with Gasteiger partial charge in [0.2, 0.25) is 0 Å². The lowest BCUT2D eigenvalue weighted by Crippen LogP contribution is -2.33. The molecule has 11 nitrogen and oxygen atoms in total. The van der Waals surface area contributed by atoms with Crippen molar-refractivity contribution in [1.29, 1.82) is 5.26 Å². The van der Waals surface area contributed by atoms with Crippen molar-refractivity contribution in [3.63, 3.8) is 0 Å². The van der Waals surface area contributed by atoms with E-state index in [0.29, 0.717) is 17.2 Å². The molecule has 4 aromatic rings. The number of carbonyl (C=O) groups is 1. The Labute approximate surface area is 200 Å². The number of methoxy groups -OCH3 is 1. The smallest absolute Gasteiger partial charge is 0.433 e. The van der Waals surface area contributed by atoms with E-state index in [2.05, 4.69) is 5.32 Å². The van der Waals surface area contributed by atoms with Crippen molar-refractivity contribution >= 4 is 34.8 Å². The first-order valence-corrected chi connectivity index (χ1v) is 10.8. The Kier molecular flexibility index (Phi) is 6.61. The fourth-order valence-corrected chi connectivity index (χ4v) is 4.21. The van der Waals surface area contributed by atoms with E-state index in [0.717, 1.165) is 17.4 Å². The van der Waals surface area contributed by atoms with E-state index in [9.17, 15) is 25.0 Å². The third-order valence-corrected chi connectivity index (χ3v) is 5.87. The Morgan fingerprint density at radius 1 is 1.29 bits per heavy atom. The quantitative estimate of drug-likeness (QED) is 0.303. The molecule has 1 aromatic carbocycles. The molecule has 0 bridgehead atoms. The molecule has 4 rings (SSSR count). The lowest BCUT2D eigenvalue weighted by atomic mass is 10.2. The highest BCUT2D eigenvalue weighted by Crippen LogP contribution is 2.16. The van der Waals surface area contributed by atoms with Crippen molar-refractivity contribution in [2.45, 2.75) is 6.54 Å². The summed E-state index contributed by atoms with van der Waals surface area (Å²) in [6.45, 7) is 0.0458. The summed E-state index contributed by atoms with van der Waals surface area (Å²) in [4.78, 5) is 36.4. The fourth-order valence-electron chi connectivity index (χ4n) is 3.13. The first kappa shape index (κ1) is 23.3. The van der Waals surface area contributed by atoms with Gasteiger partial charge in [-0.2, -0.15) is 5.26 Å². The molecule has 0 spiro atoms. The van der Waals surface area contributed by atoms with E-state index in [4.69, 9.17) is 13.6 Å². The maximum atomic E-state index is 13.3. The van der Waals surface area contributed by atoms with Gasteiger partial charge >= 0.3 is 5.88 Å².